The highest BCUT2D eigenvalue weighted by Gasteiger charge is 2.13. The van der Waals surface area contributed by atoms with E-state index in [-0.39, 0.29) is 0 Å². The van der Waals surface area contributed by atoms with Crippen LogP contribution in [0.1, 0.15) is 6.92 Å². The second-order valence-electron chi connectivity index (χ2n) is 2.31. The molecule has 0 aromatic carbocycles. The average Bonchev–Trinajstić information content (AvgIpc) is 2.33. The van der Waals surface area contributed by atoms with Crippen LogP contribution < -0.4 is 4.72 Å². The molecule has 2 aliphatic rings. The molecule has 1 N–H and O–H groups in total. The summed E-state index contributed by atoms with van der Waals surface area (Å²) in [5.74, 6) is 0. The van der Waals surface area contributed by atoms with Gasteiger partial charge in [-0.2, -0.15) is 0 Å². The second-order valence-corrected chi connectivity index (χ2v) is 3.12. The Bertz CT molecular complexity index is 240. The minimum Gasteiger partial charge on any atom is -0.316 e. The number of allylic oxidation sites excluding steroid dienone is 3. The maximum absolute atomic E-state index is 3.07. The van der Waals surface area contributed by atoms with Gasteiger partial charge < -0.3 is 4.72 Å². The quantitative estimate of drug-likeness (QED) is 0.532. The molecule has 0 spiro atoms. The molecule has 2 aliphatic heterocycles. The minimum atomic E-state index is 1.23. The topological polar surface area (TPSA) is 15.3 Å². The SMILES string of the molecule is CC1=CC2=CNSN2C=C1. The Kier molecular flexibility index (Phi) is 1.24. The molecule has 0 amide bonds. The third-order valence-electron chi connectivity index (χ3n) is 1.46. The van der Waals surface area contributed by atoms with Crippen LogP contribution in [0, 0.1) is 0 Å². The summed E-state index contributed by atoms with van der Waals surface area (Å²) in [5, 5.41) is 0. The summed E-state index contributed by atoms with van der Waals surface area (Å²) >= 11 is 1.59. The molecule has 0 aromatic heterocycles. The Balaban J connectivity index is 2.34. The van der Waals surface area contributed by atoms with Crippen LogP contribution in [0.2, 0.25) is 0 Å². The third kappa shape index (κ3) is 0.827. The first-order chi connectivity index (χ1) is 4.86. The van der Waals surface area contributed by atoms with Crippen LogP contribution in [-0.2, 0) is 0 Å². The van der Waals surface area contributed by atoms with Crippen LogP contribution in [0.5, 0.6) is 0 Å². The summed E-state index contributed by atoms with van der Waals surface area (Å²) < 4.78 is 5.16. The van der Waals surface area contributed by atoms with Gasteiger partial charge in [0.1, 0.15) is 0 Å². The minimum absolute atomic E-state index is 1.23. The van der Waals surface area contributed by atoms with Crippen molar-refractivity contribution in [1.82, 2.24) is 9.03 Å². The standard InChI is InChI=1S/C7H8N2S/c1-6-2-3-9-7(4-6)5-8-10-9/h2-5,8H,1H3. The number of fused-ring (bicyclic) bond motifs is 1. The number of hydrogen-bond acceptors (Lipinski definition) is 3. The molecule has 10 heavy (non-hydrogen) atoms. The highest BCUT2D eigenvalue weighted by atomic mass is 32.2. The van der Waals surface area contributed by atoms with E-state index in [9.17, 15) is 0 Å². The van der Waals surface area contributed by atoms with Gasteiger partial charge in [-0.05, 0) is 24.6 Å². The molecule has 0 aliphatic carbocycles. The molecule has 0 radical (unpaired) electrons. The molecule has 0 unspecified atom stereocenters. The van der Waals surface area contributed by atoms with Crippen LogP contribution in [0.4, 0.5) is 0 Å². The number of nitrogens with zero attached hydrogens (tertiary/aromatic N) is 1. The van der Waals surface area contributed by atoms with Crippen LogP contribution in [0.3, 0.4) is 0 Å². The van der Waals surface area contributed by atoms with Crippen molar-refractivity contribution >= 4 is 12.1 Å². The molecule has 3 heteroatoms. The average molecular weight is 152 g/mol. The zero-order chi connectivity index (χ0) is 6.97. The molecule has 52 valence electrons. The molecular formula is C7H8N2S. The second kappa shape index (κ2) is 2.09. The maximum Gasteiger partial charge on any atom is 0.0726 e. The van der Waals surface area contributed by atoms with E-state index in [2.05, 4.69) is 34.3 Å². The van der Waals surface area contributed by atoms with E-state index in [1.165, 1.54) is 11.3 Å². The molecule has 2 rings (SSSR count). The van der Waals surface area contributed by atoms with Gasteiger partial charge >= 0.3 is 0 Å². The van der Waals surface area contributed by atoms with E-state index in [1.54, 1.807) is 12.1 Å². The van der Waals surface area contributed by atoms with Gasteiger partial charge in [0.15, 0.2) is 0 Å². The van der Waals surface area contributed by atoms with Gasteiger partial charge in [-0.15, -0.1) is 0 Å². The third-order valence-corrected chi connectivity index (χ3v) is 2.21. The summed E-state index contributed by atoms with van der Waals surface area (Å²) in [7, 11) is 0. The van der Waals surface area contributed by atoms with Gasteiger partial charge in [0, 0.05) is 12.4 Å². The van der Waals surface area contributed by atoms with Crippen LogP contribution in [-0.4, -0.2) is 4.31 Å². The first-order valence-corrected chi connectivity index (χ1v) is 3.92. The molecular weight excluding hydrogens is 144 g/mol. The Hall–Kier alpha value is -0.830. The number of rotatable bonds is 0. The zero-order valence-electron chi connectivity index (χ0n) is 5.66. The lowest BCUT2D eigenvalue weighted by Gasteiger charge is -2.15. The van der Waals surface area contributed by atoms with Crippen molar-refractivity contribution in [3.8, 4) is 0 Å². The molecule has 0 bridgehead atoms. The van der Waals surface area contributed by atoms with Crippen molar-refractivity contribution < 1.29 is 0 Å². The largest absolute Gasteiger partial charge is 0.316 e. The first kappa shape index (κ1) is 5.92. The predicted octanol–water partition coefficient (Wildman–Crippen LogP) is 1.77. The lowest BCUT2D eigenvalue weighted by Crippen LogP contribution is -2.04. The van der Waals surface area contributed by atoms with Gasteiger partial charge in [0.25, 0.3) is 0 Å². The van der Waals surface area contributed by atoms with Crippen molar-refractivity contribution in [3.05, 3.63) is 35.8 Å². The molecule has 2 heterocycles. The molecule has 0 saturated heterocycles. The highest BCUT2D eigenvalue weighted by Crippen LogP contribution is 2.26. The van der Waals surface area contributed by atoms with Crippen molar-refractivity contribution in [3.63, 3.8) is 0 Å². The monoisotopic (exact) mass is 152 g/mol. The van der Waals surface area contributed by atoms with Crippen LogP contribution >= 0.6 is 12.1 Å². The predicted molar refractivity (Wildman–Crippen MR) is 43.5 cm³/mol. The van der Waals surface area contributed by atoms with Crippen molar-refractivity contribution in [1.29, 1.82) is 0 Å². The normalized spacial score (nSPS) is 21.5. The molecule has 0 atom stereocenters. The first-order valence-electron chi connectivity index (χ1n) is 3.15. The highest BCUT2D eigenvalue weighted by molar-refractivity contribution is 7.95. The van der Waals surface area contributed by atoms with Crippen molar-refractivity contribution in [2.75, 3.05) is 0 Å². The zero-order valence-corrected chi connectivity index (χ0v) is 6.48. The van der Waals surface area contributed by atoms with E-state index < -0.39 is 0 Å². The lowest BCUT2D eigenvalue weighted by atomic mass is 10.2. The van der Waals surface area contributed by atoms with Gasteiger partial charge in [0.2, 0.25) is 0 Å². The van der Waals surface area contributed by atoms with Gasteiger partial charge in [-0.1, -0.05) is 0 Å². The molecule has 0 fully saturated rings. The van der Waals surface area contributed by atoms with E-state index in [4.69, 9.17) is 0 Å². The Morgan fingerprint density at radius 3 is 3.40 bits per heavy atom. The lowest BCUT2D eigenvalue weighted by molar-refractivity contribution is 0.801. The fraction of sp³-hybridized carbons (Fsp3) is 0.143. The Morgan fingerprint density at radius 1 is 1.60 bits per heavy atom. The van der Waals surface area contributed by atoms with E-state index in [0.29, 0.717) is 0 Å². The number of hydrogen-bond donors (Lipinski definition) is 1. The summed E-state index contributed by atoms with van der Waals surface area (Å²) in [6.45, 7) is 2.09. The van der Waals surface area contributed by atoms with E-state index in [0.717, 1.165) is 0 Å². The van der Waals surface area contributed by atoms with Crippen LogP contribution in [0.15, 0.2) is 35.8 Å². The fourth-order valence-corrected chi connectivity index (χ4v) is 1.57. The molecule has 0 aromatic rings. The van der Waals surface area contributed by atoms with Crippen LogP contribution in [0.25, 0.3) is 0 Å². The Morgan fingerprint density at radius 2 is 2.50 bits per heavy atom. The van der Waals surface area contributed by atoms with Gasteiger partial charge in [0.05, 0.1) is 17.8 Å². The van der Waals surface area contributed by atoms with Crippen molar-refractivity contribution in [2.24, 2.45) is 0 Å². The summed E-state index contributed by atoms with van der Waals surface area (Å²) in [6.07, 6.45) is 8.30. The van der Waals surface area contributed by atoms with Gasteiger partial charge in [-0.3, -0.25) is 4.31 Å². The summed E-state index contributed by atoms with van der Waals surface area (Å²) in [6, 6.07) is 0. The fourth-order valence-electron chi connectivity index (χ4n) is 0.948. The Labute approximate surface area is 64.6 Å². The number of nitrogens with one attached hydrogen (secondary N) is 1. The maximum atomic E-state index is 3.07. The van der Waals surface area contributed by atoms with E-state index >= 15 is 0 Å². The summed E-state index contributed by atoms with van der Waals surface area (Å²) in [5.41, 5.74) is 2.52. The summed E-state index contributed by atoms with van der Waals surface area (Å²) in [4.78, 5) is 0. The molecule has 2 nitrogen and oxygen atoms in total. The smallest absolute Gasteiger partial charge is 0.0726 e. The van der Waals surface area contributed by atoms with Gasteiger partial charge in [-0.25, -0.2) is 0 Å². The van der Waals surface area contributed by atoms with E-state index in [1.807, 2.05) is 6.20 Å². The van der Waals surface area contributed by atoms with Crippen molar-refractivity contribution in [2.45, 2.75) is 6.92 Å². The molecule has 0 saturated carbocycles.